The number of aliphatic hydroxyl groups excluding tert-OH is 1. The van der Waals surface area contributed by atoms with Crippen molar-refractivity contribution in [2.75, 3.05) is 6.54 Å². The molecule has 0 saturated heterocycles. The monoisotopic (exact) mass is 394 g/mol. The molecular formula is C17H26N6O3S. The van der Waals surface area contributed by atoms with Crippen molar-refractivity contribution in [2.24, 2.45) is 23.5 Å². The highest BCUT2D eigenvalue weighted by Crippen LogP contribution is 2.16. The lowest BCUT2D eigenvalue weighted by Crippen LogP contribution is -2.37. The zero-order valence-electron chi connectivity index (χ0n) is 15.4. The first kappa shape index (κ1) is 20.9. The molecule has 2 rings (SSSR count). The summed E-state index contributed by atoms with van der Waals surface area (Å²) in [5, 5.41) is 10.2. The first-order valence-corrected chi connectivity index (χ1v) is 9.99. The Balaban J connectivity index is 1.83. The first-order valence-electron chi connectivity index (χ1n) is 8.51. The van der Waals surface area contributed by atoms with E-state index in [2.05, 4.69) is 14.7 Å². The highest BCUT2D eigenvalue weighted by atomic mass is 32.2. The van der Waals surface area contributed by atoms with E-state index in [-0.39, 0.29) is 17.4 Å². The first-order chi connectivity index (χ1) is 12.7. The van der Waals surface area contributed by atoms with E-state index in [4.69, 9.17) is 11.5 Å². The average Bonchev–Trinajstić information content (AvgIpc) is 3.03. The van der Waals surface area contributed by atoms with Crippen LogP contribution < -0.4 is 16.2 Å². The highest BCUT2D eigenvalue weighted by Gasteiger charge is 2.20. The maximum atomic E-state index is 12.2. The van der Waals surface area contributed by atoms with Gasteiger partial charge in [-0.05, 0) is 31.9 Å². The molecule has 2 atom stereocenters. The van der Waals surface area contributed by atoms with Crippen molar-refractivity contribution in [3.8, 4) is 0 Å². The maximum absolute atomic E-state index is 12.2. The third-order valence-electron chi connectivity index (χ3n) is 4.08. The minimum Gasteiger partial charge on any atom is -0.384 e. The number of aliphatic imine (C=N–C) groups is 1. The van der Waals surface area contributed by atoms with Gasteiger partial charge in [-0.15, -0.1) is 0 Å². The van der Waals surface area contributed by atoms with Gasteiger partial charge in [0.15, 0.2) is 0 Å². The van der Waals surface area contributed by atoms with E-state index in [9.17, 15) is 13.5 Å². The van der Waals surface area contributed by atoms with Crippen LogP contribution in [0.15, 0.2) is 46.5 Å². The molecule has 0 aliphatic carbocycles. The van der Waals surface area contributed by atoms with Gasteiger partial charge >= 0.3 is 0 Å². The van der Waals surface area contributed by atoms with Crippen molar-refractivity contribution in [3.05, 3.63) is 48.0 Å². The minimum absolute atomic E-state index is 0.117. The number of aromatic nitrogens is 2. The molecule has 27 heavy (non-hydrogen) atoms. The van der Waals surface area contributed by atoms with E-state index >= 15 is 0 Å². The molecule has 1 aromatic heterocycles. The SMILES string of the molecule is Cc1ccc(S(=O)(=O)NC(N)=NCCC[C@H](N)C(O)c2nccn2C)cc1. The van der Waals surface area contributed by atoms with Gasteiger partial charge < -0.3 is 21.1 Å². The number of guanidine groups is 1. The van der Waals surface area contributed by atoms with Crippen LogP contribution in [-0.2, 0) is 17.1 Å². The Kier molecular flexibility index (Phi) is 6.94. The van der Waals surface area contributed by atoms with E-state index in [1.165, 1.54) is 12.1 Å². The summed E-state index contributed by atoms with van der Waals surface area (Å²) in [5.41, 5.74) is 12.6. The molecule has 0 bridgehead atoms. The molecule has 0 aliphatic rings. The van der Waals surface area contributed by atoms with Crippen molar-refractivity contribution >= 4 is 16.0 Å². The zero-order chi connectivity index (χ0) is 20.0. The number of nitrogens with two attached hydrogens (primary N) is 2. The van der Waals surface area contributed by atoms with Gasteiger partial charge in [-0.2, -0.15) is 0 Å². The van der Waals surface area contributed by atoms with Crippen LogP contribution in [0.1, 0.15) is 30.3 Å². The third-order valence-corrected chi connectivity index (χ3v) is 5.45. The fraction of sp³-hybridized carbons (Fsp3) is 0.412. The summed E-state index contributed by atoms with van der Waals surface area (Å²) in [7, 11) is -1.98. The van der Waals surface area contributed by atoms with Gasteiger partial charge in [-0.25, -0.2) is 18.1 Å². The molecule has 0 radical (unpaired) electrons. The van der Waals surface area contributed by atoms with Crippen LogP contribution in [0.5, 0.6) is 0 Å². The maximum Gasteiger partial charge on any atom is 0.264 e. The number of imidazole rings is 1. The van der Waals surface area contributed by atoms with E-state index < -0.39 is 22.2 Å². The number of sulfonamides is 1. The fourth-order valence-corrected chi connectivity index (χ4v) is 3.44. The minimum atomic E-state index is -3.76. The summed E-state index contributed by atoms with van der Waals surface area (Å²) in [6.45, 7) is 2.15. The summed E-state index contributed by atoms with van der Waals surface area (Å²) in [4.78, 5) is 8.20. The van der Waals surface area contributed by atoms with Gasteiger partial charge in [0.2, 0.25) is 5.96 Å². The number of rotatable bonds is 8. The lowest BCUT2D eigenvalue weighted by molar-refractivity contribution is 0.129. The van der Waals surface area contributed by atoms with Crippen LogP contribution in [0.25, 0.3) is 0 Å². The van der Waals surface area contributed by atoms with Crippen LogP contribution in [0.3, 0.4) is 0 Å². The number of nitrogens with zero attached hydrogens (tertiary/aromatic N) is 3. The Morgan fingerprint density at radius 3 is 2.63 bits per heavy atom. The molecule has 1 unspecified atom stereocenters. The number of aryl methyl sites for hydroxylation is 2. The van der Waals surface area contributed by atoms with Crippen molar-refractivity contribution in [1.82, 2.24) is 14.3 Å². The fourth-order valence-electron chi connectivity index (χ4n) is 2.48. The second-order valence-electron chi connectivity index (χ2n) is 6.33. The second kappa shape index (κ2) is 8.98. The Labute approximate surface area is 159 Å². The molecule has 0 fully saturated rings. The molecule has 1 aromatic carbocycles. The van der Waals surface area contributed by atoms with E-state index in [1.54, 1.807) is 36.1 Å². The van der Waals surface area contributed by atoms with Gasteiger partial charge in [0.05, 0.1) is 4.90 Å². The molecule has 0 saturated carbocycles. The summed E-state index contributed by atoms with van der Waals surface area (Å²) < 4.78 is 28.4. The van der Waals surface area contributed by atoms with Crippen LogP contribution in [0, 0.1) is 6.92 Å². The average molecular weight is 395 g/mol. The summed E-state index contributed by atoms with van der Waals surface area (Å²) in [5.74, 6) is 0.310. The summed E-state index contributed by atoms with van der Waals surface area (Å²) in [6.07, 6.45) is 3.46. The second-order valence-corrected chi connectivity index (χ2v) is 8.02. The van der Waals surface area contributed by atoms with Gasteiger partial charge in [-0.1, -0.05) is 17.7 Å². The molecule has 0 aliphatic heterocycles. The quantitative estimate of drug-likeness (QED) is 0.285. The standard InChI is InChI=1S/C17H26N6O3S/c1-12-5-7-13(8-6-12)27(25,26)22-17(19)21-9-3-4-14(18)15(24)16-20-10-11-23(16)2/h5-8,10-11,14-15,24H,3-4,9,18H2,1-2H3,(H3,19,21,22)/t14-,15?/m0/s1. The number of aliphatic hydroxyl groups is 1. The molecule has 0 amide bonds. The highest BCUT2D eigenvalue weighted by molar-refractivity contribution is 7.90. The molecular weight excluding hydrogens is 368 g/mol. The van der Waals surface area contributed by atoms with Crippen molar-refractivity contribution in [1.29, 1.82) is 0 Å². The van der Waals surface area contributed by atoms with Gasteiger partial charge in [0, 0.05) is 32.0 Å². The molecule has 148 valence electrons. The lowest BCUT2D eigenvalue weighted by atomic mass is 10.1. The zero-order valence-corrected chi connectivity index (χ0v) is 16.2. The Bertz CT molecular complexity index is 876. The molecule has 6 N–H and O–H groups in total. The lowest BCUT2D eigenvalue weighted by Gasteiger charge is -2.18. The van der Waals surface area contributed by atoms with E-state index in [0.29, 0.717) is 18.7 Å². The number of benzene rings is 1. The van der Waals surface area contributed by atoms with Crippen LogP contribution in [0.2, 0.25) is 0 Å². The Morgan fingerprint density at radius 1 is 1.37 bits per heavy atom. The Hall–Kier alpha value is -2.43. The molecule has 2 aromatic rings. The smallest absolute Gasteiger partial charge is 0.264 e. The van der Waals surface area contributed by atoms with E-state index in [0.717, 1.165) is 5.56 Å². The Morgan fingerprint density at radius 2 is 2.04 bits per heavy atom. The number of nitrogens with one attached hydrogen (secondary N) is 1. The van der Waals surface area contributed by atoms with Crippen molar-refractivity contribution < 1.29 is 13.5 Å². The molecule has 0 spiro atoms. The number of hydrogen-bond acceptors (Lipinski definition) is 6. The molecule has 9 nitrogen and oxygen atoms in total. The number of hydrogen-bond donors (Lipinski definition) is 4. The summed E-state index contributed by atoms with van der Waals surface area (Å²) >= 11 is 0. The largest absolute Gasteiger partial charge is 0.384 e. The topological polar surface area (TPSA) is 149 Å². The van der Waals surface area contributed by atoms with E-state index in [1.807, 2.05) is 6.92 Å². The third kappa shape index (κ3) is 5.78. The summed E-state index contributed by atoms with van der Waals surface area (Å²) in [6, 6.07) is 5.91. The predicted molar refractivity (Wildman–Crippen MR) is 103 cm³/mol. The van der Waals surface area contributed by atoms with Crippen molar-refractivity contribution in [2.45, 2.75) is 36.8 Å². The van der Waals surface area contributed by atoms with Crippen LogP contribution in [0.4, 0.5) is 0 Å². The van der Waals surface area contributed by atoms with Crippen LogP contribution in [-0.4, -0.2) is 41.6 Å². The predicted octanol–water partition coefficient (Wildman–Crippen LogP) is 0.163. The van der Waals surface area contributed by atoms with Crippen molar-refractivity contribution in [3.63, 3.8) is 0 Å². The van der Waals surface area contributed by atoms with Gasteiger partial charge in [0.25, 0.3) is 10.0 Å². The normalized spacial score (nSPS) is 14.7. The molecule has 1 heterocycles. The molecule has 10 heteroatoms. The van der Waals surface area contributed by atoms with Gasteiger partial charge in [-0.3, -0.25) is 4.99 Å². The van der Waals surface area contributed by atoms with Crippen LogP contribution >= 0.6 is 0 Å². The van der Waals surface area contributed by atoms with Gasteiger partial charge in [0.1, 0.15) is 11.9 Å².